The first-order valence-corrected chi connectivity index (χ1v) is 9.69. The summed E-state index contributed by atoms with van der Waals surface area (Å²) < 4.78 is 27.4. The molecule has 2 N–H and O–H groups in total. The van der Waals surface area contributed by atoms with Crippen LogP contribution in [0.15, 0.2) is 41.3 Å². The van der Waals surface area contributed by atoms with Gasteiger partial charge in [0.2, 0.25) is 10.0 Å². The van der Waals surface area contributed by atoms with Crippen molar-refractivity contribution >= 4 is 26.5 Å². The molecule has 0 aliphatic rings. The summed E-state index contributed by atoms with van der Waals surface area (Å²) in [7, 11) is 2.05. The summed E-state index contributed by atoms with van der Waals surface area (Å²) in [6, 6.07) is 11.2. The summed E-state index contributed by atoms with van der Waals surface area (Å²) in [4.78, 5) is 2.36. The van der Waals surface area contributed by atoms with Gasteiger partial charge in [-0.25, -0.2) is 12.7 Å². The topological polar surface area (TPSA) is 66.6 Å². The Morgan fingerprint density at radius 3 is 2.25 bits per heavy atom. The molecule has 0 radical (unpaired) electrons. The minimum atomic E-state index is -3.51. The number of sulfonamides is 1. The predicted molar refractivity (Wildman–Crippen MR) is 101 cm³/mol. The van der Waals surface area contributed by atoms with Crippen LogP contribution in [0.1, 0.15) is 19.3 Å². The molecule has 0 bridgehead atoms. The maximum Gasteiger partial charge on any atom is 0.243 e. The number of nitrogens with zero attached hydrogens (tertiary/aromatic N) is 2. The molecule has 2 aromatic rings. The van der Waals surface area contributed by atoms with E-state index in [0.717, 1.165) is 35.7 Å². The van der Waals surface area contributed by atoms with E-state index >= 15 is 0 Å². The highest BCUT2D eigenvalue weighted by Gasteiger charge is 2.23. The molecule has 2 rings (SSSR count). The van der Waals surface area contributed by atoms with Gasteiger partial charge in [-0.05, 0) is 31.5 Å². The summed E-state index contributed by atoms with van der Waals surface area (Å²) in [6.07, 6.45) is 2.69. The van der Waals surface area contributed by atoms with E-state index in [9.17, 15) is 8.42 Å². The molecular weight excluding hydrogens is 322 g/mol. The van der Waals surface area contributed by atoms with Crippen LogP contribution in [0.4, 0.5) is 5.69 Å². The van der Waals surface area contributed by atoms with Crippen molar-refractivity contribution in [1.29, 1.82) is 0 Å². The predicted octanol–water partition coefficient (Wildman–Crippen LogP) is 2.66. The highest BCUT2D eigenvalue weighted by molar-refractivity contribution is 7.89. The number of hydrogen-bond donors (Lipinski definition) is 1. The minimum absolute atomic E-state index is 0.366. The number of rotatable bonds is 8. The third-order valence-electron chi connectivity index (χ3n) is 4.21. The normalized spacial score (nSPS) is 12.0. The van der Waals surface area contributed by atoms with Crippen LogP contribution in [-0.4, -0.2) is 47.0 Å². The quantitative estimate of drug-likeness (QED) is 0.744. The fourth-order valence-electron chi connectivity index (χ4n) is 2.82. The highest BCUT2D eigenvalue weighted by atomic mass is 32.2. The number of hydrogen-bond acceptors (Lipinski definition) is 4. The average molecular weight is 350 g/mol. The molecule has 0 aliphatic heterocycles. The lowest BCUT2D eigenvalue weighted by atomic mass is 10.1. The summed E-state index contributed by atoms with van der Waals surface area (Å²) in [6.45, 7) is 1.15. The van der Waals surface area contributed by atoms with E-state index in [2.05, 4.69) is 0 Å². The SMILES string of the molecule is CN(C)c1cccc2c(S(=O)(=O)N(C)CCCCCN)cccc12. The molecule has 132 valence electrons. The second kappa shape index (κ2) is 7.96. The van der Waals surface area contributed by atoms with E-state index in [1.54, 1.807) is 13.1 Å². The second-order valence-electron chi connectivity index (χ2n) is 6.20. The molecule has 2 aromatic carbocycles. The summed E-state index contributed by atoms with van der Waals surface area (Å²) in [5, 5.41) is 1.71. The van der Waals surface area contributed by atoms with Crippen molar-refractivity contribution in [1.82, 2.24) is 4.31 Å². The van der Waals surface area contributed by atoms with Crippen molar-refractivity contribution in [3.05, 3.63) is 36.4 Å². The zero-order chi connectivity index (χ0) is 17.7. The van der Waals surface area contributed by atoms with Crippen LogP contribution in [0, 0.1) is 0 Å². The number of nitrogens with two attached hydrogens (primary N) is 1. The molecule has 0 fully saturated rings. The van der Waals surface area contributed by atoms with Gasteiger partial charge in [-0.15, -0.1) is 0 Å². The van der Waals surface area contributed by atoms with Gasteiger partial charge >= 0.3 is 0 Å². The summed E-state index contributed by atoms with van der Waals surface area (Å²) in [5.41, 5.74) is 6.50. The van der Waals surface area contributed by atoms with E-state index in [1.165, 1.54) is 4.31 Å². The molecule has 0 saturated heterocycles. The number of fused-ring (bicyclic) bond motifs is 1. The maximum atomic E-state index is 13.0. The standard InChI is InChI=1S/C18H27N3O2S/c1-20(2)17-11-7-10-16-15(17)9-8-12-18(16)24(22,23)21(3)14-6-4-5-13-19/h7-12H,4-6,13-14,19H2,1-3H3. The molecule has 0 aromatic heterocycles. The molecule has 0 saturated carbocycles. The first-order chi connectivity index (χ1) is 11.4. The Morgan fingerprint density at radius 2 is 1.58 bits per heavy atom. The first-order valence-electron chi connectivity index (χ1n) is 8.25. The van der Waals surface area contributed by atoms with Gasteiger partial charge in [0.1, 0.15) is 0 Å². The summed E-state index contributed by atoms with van der Waals surface area (Å²) in [5.74, 6) is 0. The van der Waals surface area contributed by atoms with Gasteiger partial charge in [-0.2, -0.15) is 0 Å². The van der Waals surface area contributed by atoms with E-state index in [0.29, 0.717) is 18.0 Å². The van der Waals surface area contributed by atoms with Crippen LogP contribution >= 0.6 is 0 Å². The smallest absolute Gasteiger partial charge is 0.243 e. The van der Waals surface area contributed by atoms with Gasteiger partial charge < -0.3 is 10.6 Å². The third kappa shape index (κ3) is 3.88. The Kier molecular flexibility index (Phi) is 6.21. The van der Waals surface area contributed by atoms with Crippen molar-refractivity contribution in [3.63, 3.8) is 0 Å². The van der Waals surface area contributed by atoms with E-state index < -0.39 is 10.0 Å². The van der Waals surface area contributed by atoms with Crippen LogP contribution in [0.5, 0.6) is 0 Å². The lowest BCUT2D eigenvalue weighted by Crippen LogP contribution is -2.28. The van der Waals surface area contributed by atoms with E-state index in [-0.39, 0.29) is 0 Å². The van der Waals surface area contributed by atoms with Gasteiger partial charge in [-0.3, -0.25) is 0 Å². The molecule has 5 nitrogen and oxygen atoms in total. The van der Waals surface area contributed by atoms with Gasteiger partial charge in [-0.1, -0.05) is 30.7 Å². The maximum absolute atomic E-state index is 13.0. The van der Waals surface area contributed by atoms with Gasteiger partial charge in [0.05, 0.1) is 4.90 Å². The molecule has 0 spiro atoms. The first kappa shape index (κ1) is 18.7. The van der Waals surface area contributed by atoms with Gasteiger partial charge in [0.25, 0.3) is 0 Å². The Bertz CT molecular complexity index is 788. The molecule has 6 heteroatoms. The Labute approximate surface area is 145 Å². The van der Waals surface area contributed by atoms with Crippen LogP contribution < -0.4 is 10.6 Å². The fourth-order valence-corrected chi connectivity index (χ4v) is 4.23. The lowest BCUT2D eigenvalue weighted by molar-refractivity contribution is 0.453. The number of unbranched alkanes of at least 4 members (excludes halogenated alkanes) is 2. The van der Waals surface area contributed by atoms with Crippen LogP contribution in [0.3, 0.4) is 0 Å². The van der Waals surface area contributed by atoms with Gasteiger partial charge in [0, 0.05) is 44.1 Å². The van der Waals surface area contributed by atoms with Gasteiger partial charge in [0.15, 0.2) is 0 Å². The average Bonchev–Trinajstić information content (AvgIpc) is 2.57. The highest BCUT2D eigenvalue weighted by Crippen LogP contribution is 2.31. The fraction of sp³-hybridized carbons (Fsp3) is 0.444. The number of anilines is 1. The Hall–Kier alpha value is -1.63. The van der Waals surface area contributed by atoms with E-state index in [1.807, 2.05) is 49.3 Å². The largest absolute Gasteiger partial charge is 0.377 e. The van der Waals surface area contributed by atoms with Crippen molar-refractivity contribution < 1.29 is 8.42 Å². The molecule has 0 heterocycles. The molecule has 24 heavy (non-hydrogen) atoms. The molecule has 0 unspecified atom stereocenters. The third-order valence-corrected chi connectivity index (χ3v) is 6.12. The molecule has 0 atom stereocenters. The Morgan fingerprint density at radius 1 is 0.917 bits per heavy atom. The molecule has 0 aliphatic carbocycles. The minimum Gasteiger partial charge on any atom is -0.377 e. The lowest BCUT2D eigenvalue weighted by Gasteiger charge is -2.20. The van der Waals surface area contributed by atoms with Crippen molar-refractivity contribution in [2.24, 2.45) is 5.73 Å². The molecular formula is C18H27N3O2S. The van der Waals surface area contributed by atoms with Crippen molar-refractivity contribution in [2.75, 3.05) is 39.1 Å². The monoisotopic (exact) mass is 349 g/mol. The number of benzene rings is 2. The zero-order valence-corrected chi connectivity index (χ0v) is 15.5. The van der Waals surface area contributed by atoms with Crippen LogP contribution in [0.25, 0.3) is 10.8 Å². The van der Waals surface area contributed by atoms with Crippen LogP contribution in [-0.2, 0) is 10.0 Å². The second-order valence-corrected chi connectivity index (χ2v) is 8.21. The van der Waals surface area contributed by atoms with Crippen LogP contribution in [0.2, 0.25) is 0 Å². The Balaban J connectivity index is 2.38. The van der Waals surface area contributed by atoms with Crippen molar-refractivity contribution in [2.45, 2.75) is 24.2 Å². The summed E-state index contributed by atoms with van der Waals surface area (Å²) >= 11 is 0. The zero-order valence-electron chi connectivity index (χ0n) is 14.7. The van der Waals surface area contributed by atoms with Crippen molar-refractivity contribution in [3.8, 4) is 0 Å². The van der Waals surface area contributed by atoms with E-state index in [4.69, 9.17) is 5.73 Å². The molecule has 0 amide bonds.